The number of nitrogens with zero attached hydrogens (tertiary/aromatic N) is 2. The molecule has 2 rings (SSSR count). The summed E-state index contributed by atoms with van der Waals surface area (Å²) in [5.74, 6) is 0.375. The second-order valence-electron chi connectivity index (χ2n) is 4.68. The Labute approximate surface area is 107 Å². The molecular weight excluding hydrogens is 230 g/mol. The van der Waals surface area contributed by atoms with Gasteiger partial charge in [-0.05, 0) is 24.5 Å². The van der Waals surface area contributed by atoms with Crippen molar-refractivity contribution < 1.29 is 0 Å². The zero-order valence-corrected chi connectivity index (χ0v) is 11.2. The van der Waals surface area contributed by atoms with Crippen molar-refractivity contribution >= 4 is 22.9 Å². The molecule has 0 aliphatic rings. The van der Waals surface area contributed by atoms with Crippen LogP contribution >= 0.6 is 12.2 Å². The maximum Gasteiger partial charge on any atom is 0.137 e. The molecule has 90 valence electrons. The smallest absolute Gasteiger partial charge is 0.137 e. The number of hydrogen-bond acceptors (Lipinski definition) is 2. The molecule has 0 aliphatic carbocycles. The van der Waals surface area contributed by atoms with Gasteiger partial charge >= 0.3 is 0 Å². The Hall–Kier alpha value is -1.42. The molecule has 0 spiro atoms. The third-order valence-corrected chi connectivity index (χ3v) is 2.93. The second-order valence-corrected chi connectivity index (χ2v) is 5.20. The fourth-order valence-corrected chi connectivity index (χ4v) is 2.16. The van der Waals surface area contributed by atoms with Crippen LogP contribution in [0.2, 0.25) is 0 Å². The van der Waals surface area contributed by atoms with E-state index in [4.69, 9.17) is 18.0 Å². The van der Waals surface area contributed by atoms with Gasteiger partial charge in [0.25, 0.3) is 0 Å². The van der Waals surface area contributed by atoms with Crippen LogP contribution in [0.25, 0.3) is 5.65 Å². The normalized spacial score (nSPS) is 11.3. The first kappa shape index (κ1) is 12.0. The monoisotopic (exact) mass is 247 g/mol. The fraction of sp³-hybridized carbons (Fsp3) is 0.385. The molecule has 0 unspecified atom stereocenters. The van der Waals surface area contributed by atoms with Gasteiger partial charge in [0.05, 0.1) is 16.4 Å². The first-order valence-corrected chi connectivity index (χ1v) is 6.15. The summed E-state index contributed by atoms with van der Waals surface area (Å²) in [4.78, 5) is 5.16. The van der Waals surface area contributed by atoms with Crippen LogP contribution in [0.4, 0.5) is 0 Å². The van der Waals surface area contributed by atoms with Gasteiger partial charge in [-0.3, -0.25) is 0 Å². The predicted molar refractivity (Wildman–Crippen MR) is 74.5 cm³/mol. The molecule has 2 N–H and O–H groups in total. The lowest BCUT2D eigenvalue weighted by molar-refractivity contribution is 0.816. The van der Waals surface area contributed by atoms with Gasteiger partial charge in [0, 0.05) is 12.6 Å². The minimum atomic E-state index is 0.375. The van der Waals surface area contributed by atoms with Crippen molar-refractivity contribution in [3.8, 4) is 0 Å². The van der Waals surface area contributed by atoms with Gasteiger partial charge < -0.3 is 10.1 Å². The highest BCUT2D eigenvalue weighted by Gasteiger charge is 2.15. The Morgan fingerprint density at radius 1 is 1.47 bits per heavy atom. The minimum Gasteiger partial charge on any atom is -0.393 e. The Bertz CT molecular complexity index is 569. The van der Waals surface area contributed by atoms with Crippen molar-refractivity contribution in [2.75, 3.05) is 0 Å². The summed E-state index contributed by atoms with van der Waals surface area (Å²) in [5.41, 5.74) is 10.0. The maximum atomic E-state index is 5.67. The van der Waals surface area contributed by atoms with Crippen molar-refractivity contribution in [3.05, 3.63) is 35.3 Å². The molecule has 0 radical (unpaired) electrons. The van der Waals surface area contributed by atoms with Gasteiger partial charge in [0.1, 0.15) is 5.65 Å². The van der Waals surface area contributed by atoms with E-state index in [1.165, 1.54) is 5.56 Å². The summed E-state index contributed by atoms with van der Waals surface area (Å²) in [6.07, 6.45) is 2.69. The molecule has 2 aromatic heterocycles. The SMILES string of the molecule is Cc1ccc2nc(C(C)C)c(CC(N)=S)n2c1. The van der Waals surface area contributed by atoms with E-state index < -0.39 is 0 Å². The molecule has 0 fully saturated rings. The number of hydrogen-bond donors (Lipinski definition) is 1. The van der Waals surface area contributed by atoms with Crippen LogP contribution < -0.4 is 5.73 Å². The van der Waals surface area contributed by atoms with E-state index in [1.54, 1.807) is 0 Å². The van der Waals surface area contributed by atoms with Crippen LogP contribution in [-0.2, 0) is 6.42 Å². The average Bonchev–Trinajstić information content (AvgIpc) is 2.56. The second kappa shape index (κ2) is 4.45. The molecular formula is C13H17N3S. The molecule has 0 saturated carbocycles. The zero-order chi connectivity index (χ0) is 12.6. The first-order chi connectivity index (χ1) is 7.99. The van der Waals surface area contributed by atoms with E-state index in [-0.39, 0.29) is 0 Å². The fourth-order valence-electron chi connectivity index (χ4n) is 2.02. The number of pyridine rings is 1. The topological polar surface area (TPSA) is 43.3 Å². The molecule has 17 heavy (non-hydrogen) atoms. The zero-order valence-electron chi connectivity index (χ0n) is 10.4. The van der Waals surface area contributed by atoms with Crippen molar-refractivity contribution in [1.29, 1.82) is 0 Å². The molecule has 4 heteroatoms. The number of rotatable bonds is 3. The van der Waals surface area contributed by atoms with Gasteiger partial charge in [-0.2, -0.15) is 0 Å². The first-order valence-electron chi connectivity index (χ1n) is 5.75. The summed E-state index contributed by atoms with van der Waals surface area (Å²) < 4.78 is 2.10. The van der Waals surface area contributed by atoms with E-state index >= 15 is 0 Å². The standard InChI is InChI=1S/C13H17N3S/c1-8(2)13-10(6-11(14)17)16-7-9(3)4-5-12(16)15-13/h4-5,7-8H,6H2,1-3H3,(H2,14,17). The number of aryl methyl sites for hydroxylation is 1. The van der Waals surface area contributed by atoms with E-state index in [0.717, 1.165) is 17.0 Å². The van der Waals surface area contributed by atoms with E-state index in [2.05, 4.69) is 42.4 Å². The molecule has 3 nitrogen and oxygen atoms in total. The van der Waals surface area contributed by atoms with Crippen molar-refractivity contribution in [1.82, 2.24) is 9.38 Å². The van der Waals surface area contributed by atoms with Crippen LogP contribution in [0.15, 0.2) is 18.3 Å². The minimum absolute atomic E-state index is 0.375. The van der Waals surface area contributed by atoms with Crippen LogP contribution in [0.1, 0.15) is 36.7 Å². The van der Waals surface area contributed by atoms with Crippen molar-refractivity contribution in [2.45, 2.75) is 33.1 Å². The van der Waals surface area contributed by atoms with Crippen LogP contribution in [0.5, 0.6) is 0 Å². The summed E-state index contributed by atoms with van der Waals surface area (Å²) in [5, 5.41) is 0. The largest absolute Gasteiger partial charge is 0.393 e. The number of imidazole rings is 1. The third-order valence-electron chi connectivity index (χ3n) is 2.78. The Morgan fingerprint density at radius 2 is 2.18 bits per heavy atom. The number of aromatic nitrogens is 2. The summed E-state index contributed by atoms with van der Waals surface area (Å²) >= 11 is 5.02. The molecule has 0 aromatic carbocycles. The lowest BCUT2D eigenvalue weighted by Crippen LogP contribution is -2.14. The maximum absolute atomic E-state index is 5.67. The Balaban J connectivity index is 2.68. The third kappa shape index (κ3) is 2.31. The lowest BCUT2D eigenvalue weighted by Gasteiger charge is -2.06. The van der Waals surface area contributed by atoms with Crippen molar-refractivity contribution in [3.63, 3.8) is 0 Å². The molecule has 0 aliphatic heterocycles. The molecule has 2 aromatic rings. The van der Waals surface area contributed by atoms with E-state index in [1.807, 2.05) is 6.07 Å². The summed E-state index contributed by atoms with van der Waals surface area (Å²) in [7, 11) is 0. The average molecular weight is 247 g/mol. The van der Waals surface area contributed by atoms with E-state index in [9.17, 15) is 0 Å². The number of thiocarbonyl (C=S) groups is 1. The quantitative estimate of drug-likeness (QED) is 0.848. The number of nitrogens with two attached hydrogens (primary N) is 1. The molecule has 0 amide bonds. The summed E-state index contributed by atoms with van der Waals surface area (Å²) in [6.45, 7) is 6.34. The Kier molecular flexibility index (Phi) is 3.15. The van der Waals surface area contributed by atoms with Crippen LogP contribution in [-0.4, -0.2) is 14.4 Å². The van der Waals surface area contributed by atoms with Crippen LogP contribution in [0.3, 0.4) is 0 Å². The van der Waals surface area contributed by atoms with Gasteiger partial charge in [0.2, 0.25) is 0 Å². The van der Waals surface area contributed by atoms with E-state index in [0.29, 0.717) is 17.3 Å². The highest BCUT2D eigenvalue weighted by Crippen LogP contribution is 2.21. The highest BCUT2D eigenvalue weighted by molar-refractivity contribution is 7.80. The Morgan fingerprint density at radius 3 is 2.76 bits per heavy atom. The highest BCUT2D eigenvalue weighted by atomic mass is 32.1. The molecule has 0 bridgehead atoms. The molecule has 0 atom stereocenters. The predicted octanol–water partition coefficient (Wildman–Crippen LogP) is 2.59. The molecule has 0 saturated heterocycles. The van der Waals surface area contributed by atoms with Gasteiger partial charge in [-0.25, -0.2) is 4.98 Å². The molecule has 2 heterocycles. The van der Waals surface area contributed by atoms with Crippen molar-refractivity contribution in [2.24, 2.45) is 5.73 Å². The number of fused-ring (bicyclic) bond motifs is 1. The summed E-state index contributed by atoms with van der Waals surface area (Å²) in [6, 6.07) is 4.10. The van der Waals surface area contributed by atoms with Gasteiger partial charge in [-0.1, -0.05) is 32.1 Å². The van der Waals surface area contributed by atoms with Gasteiger partial charge in [0.15, 0.2) is 0 Å². The van der Waals surface area contributed by atoms with Crippen LogP contribution in [0, 0.1) is 6.92 Å². The lowest BCUT2D eigenvalue weighted by atomic mass is 10.1. The van der Waals surface area contributed by atoms with Gasteiger partial charge in [-0.15, -0.1) is 0 Å².